The molecule has 33 heavy (non-hydrogen) atoms. The summed E-state index contributed by atoms with van der Waals surface area (Å²) >= 11 is 6.00. The molecule has 0 aromatic heterocycles. The Morgan fingerprint density at radius 2 is 0.818 bits per heavy atom. The quantitative estimate of drug-likeness (QED) is 0.159. The van der Waals surface area contributed by atoms with Gasteiger partial charge in [-0.05, 0) is 48.5 Å². The van der Waals surface area contributed by atoms with Gasteiger partial charge in [0.15, 0.2) is 0 Å². The Kier molecular flexibility index (Phi) is 10.1. The van der Waals surface area contributed by atoms with Crippen LogP contribution in [0.4, 0.5) is 20.2 Å². The maximum absolute atomic E-state index is 13.4. The molecule has 4 aromatic carbocycles. The van der Waals surface area contributed by atoms with E-state index in [0.717, 1.165) is 11.1 Å². The van der Waals surface area contributed by atoms with Gasteiger partial charge in [-0.25, -0.2) is 18.8 Å². The van der Waals surface area contributed by atoms with Crippen molar-refractivity contribution in [2.45, 2.75) is 0 Å². The summed E-state index contributed by atoms with van der Waals surface area (Å²) in [6.45, 7) is 0. The van der Waals surface area contributed by atoms with Crippen LogP contribution in [0.15, 0.2) is 119 Å². The molecule has 0 saturated heterocycles. The van der Waals surface area contributed by atoms with Gasteiger partial charge in [0.25, 0.3) is 0 Å². The van der Waals surface area contributed by atoms with Crippen molar-refractivity contribution in [1.82, 2.24) is 0 Å². The van der Waals surface area contributed by atoms with Crippen molar-refractivity contribution in [3.63, 3.8) is 0 Å². The second-order valence-electron chi connectivity index (χ2n) is 6.65. The van der Waals surface area contributed by atoms with Gasteiger partial charge in [0.1, 0.15) is 11.6 Å². The zero-order valence-electron chi connectivity index (χ0n) is 17.1. The summed E-state index contributed by atoms with van der Waals surface area (Å²) in [4.78, 5) is 9.61. The molecule has 0 aliphatic heterocycles. The molecule has 0 spiro atoms. The normalized spacial score (nSPS) is 11.6. The third-order valence-corrected chi connectivity index (χ3v) is 4.45. The van der Waals surface area contributed by atoms with Gasteiger partial charge in [-0.1, -0.05) is 60.7 Å². The number of hydrogen-bond acceptors (Lipinski definition) is 2. The van der Waals surface area contributed by atoms with Crippen molar-refractivity contribution in [1.29, 1.82) is 0 Å². The maximum atomic E-state index is 13.4. The van der Waals surface area contributed by atoms with Crippen molar-refractivity contribution >= 4 is 51.2 Å². The van der Waals surface area contributed by atoms with Crippen molar-refractivity contribution < 1.29 is 19.7 Å². The molecule has 0 atom stereocenters. The van der Waals surface area contributed by atoms with Crippen LogP contribution in [0.5, 0.6) is 0 Å². The number of nitrogens with zero attached hydrogens (tertiary/aromatic N) is 2. The van der Waals surface area contributed by atoms with Gasteiger partial charge < -0.3 is 0 Å². The van der Waals surface area contributed by atoms with Crippen molar-refractivity contribution in [3.05, 3.63) is 132 Å². The van der Waals surface area contributed by atoms with Gasteiger partial charge in [-0.2, -0.15) is 0 Å². The summed E-state index contributed by atoms with van der Waals surface area (Å²) in [6.07, 6.45) is 0. The second-order valence-corrected chi connectivity index (χ2v) is 11.6. The Hall–Kier alpha value is -2.47. The average Bonchev–Trinajstić information content (AvgIpc) is 2.85. The number of rotatable bonds is 5. The minimum absolute atomic E-state index is 0.321. The van der Waals surface area contributed by atoms with Gasteiger partial charge in [0.2, 0.25) is 0 Å². The Morgan fingerprint density at radius 3 is 1.12 bits per heavy atom. The topological polar surface area (TPSA) is 24.7 Å². The molecule has 0 radical (unpaired) electrons. The van der Waals surface area contributed by atoms with E-state index in [0.29, 0.717) is 22.8 Å². The number of benzene rings is 4. The zero-order valence-corrected chi connectivity index (χ0v) is 21.3. The van der Waals surface area contributed by atoms with Gasteiger partial charge in [-0.3, -0.25) is 0 Å². The first-order valence-electron chi connectivity index (χ1n) is 9.73. The number of hydrogen-bond donors (Lipinski definition) is 0. The molecule has 0 fully saturated rings. The summed E-state index contributed by atoms with van der Waals surface area (Å²) in [5, 5.41) is 0. The number of aliphatic imine (C=N–C) groups is 2. The van der Waals surface area contributed by atoms with Gasteiger partial charge in [0, 0.05) is 11.1 Å². The first-order chi connectivity index (χ1) is 16.1. The van der Waals surface area contributed by atoms with Gasteiger partial charge >= 0.3 is 39.3 Å². The SMILES string of the molecule is Fc1ccc(N=C(C(=Nc2ccc(F)cc2)c2ccccc2)c2ccccc2)cc1.[Br][Ni][Br]. The zero-order chi connectivity index (χ0) is 23.5. The van der Waals surface area contributed by atoms with E-state index >= 15 is 0 Å². The minimum atomic E-state index is -0.321. The van der Waals surface area contributed by atoms with Gasteiger partial charge in [0.05, 0.1) is 22.8 Å². The fourth-order valence-corrected chi connectivity index (χ4v) is 2.99. The van der Waals surface area contributed by atoms with Crippen LogP contribution >= 0.6 is 28.5 Å². The first-order valence-corrected chi connectivity index (χ1v) is 14.6. The molecule has 0 saturated carbocycles. The van der Waals surface area contributed by atoms with Crippen molar-refractivity contribution in [2.75, 3.05) is 0 Å². The summed E-state index contributed by atoms with van der Waals surface area (Å²) < 4.78 is 26.8. The summed E-state index contributed by atoms with van der Waals surface area (Å²) in [5.74, 6) is -0.642. The molecule has 0 unspecified atom stereocenters. The van der Waals surface area contributed by atoms with Crippen LogP contribution in [0.2, 0.25) is 0 Å². The molecular formula is C26H18Br2F2N2Ni. The molecule has 7 heteroatoms. The van der Waals surface area contributed by atoms with Crippen molar-refractivity contribution in [2.24, 2.45) is 9.98 Å². The molecule has 4 aromatic rings. The van der Waals surface area contributed by atoms with Crippen LogP contribution in [0.1, 0.15) is 11.1 Å². The van der Waals surface area contributed by atoms with Crippen LogP contribution in [-0.2, 0) is 10.9 Å². The summed E-state index contributed by atoms with van der Waals surface area (Å²) in [7, 11) is 1.25. The number of halogens is 4. The molecular weight excluding hydrogens is 597 g/mol. The van der Waals surface area contributed by atoms with E-state index in [4.69, 9.17) is 9.98 Å². The molecule has 0 N–H and O–H groups in total. The Labute approximate surface area is 211 Å². The fraction of sp³-hybridized carbons (Fsp3) is 0. The molecule has 0 aliphatic rings. The molecule has 4 rings (SSSR count). The van der Waals surface area contributed by atoms with E-state index < -0.39 is 0 Å². The first kappa shape index (κ1) is 25.2. The Balaban J connectivity index is 0.000000968. The third-order valence-electron chi connectivity index (χ3n) is 4.45. The molecule has 0 aliphatic carbocycles. The average molecular weight is 615 g/mol. The Morgan fingerprint density at radius 1 is 0.515 bits per heavy atom. The predicted molar refractivity (Wildman–Crippen MR) is 136 cm³/mol. The molecule has 0 bridgehead atoms. The molecule has 2 nitrogen and oxygen atoms in total. The molecule has 0 heterocycles. The van der Waals surface area contributed by atoms with Crippen LogP contribution in [-0.4, -0.2) is 11.4 Å². The van der Waals surface area contributed by atoms with Crippen LogP contribution in [0.3, 0.4) is 0 Å². The summed E-state index contributed by atoms with van der Waals surface area (Å²) in [6, 6.07) is 31.4. The molecule has 0 amide bonds. The van der Waals surface area contributed by atoms with E-state index in [1.807, 2.05) is 60.7 Å². The van der Waals surface area contributed by atoms with E-state index in [2.05, 4.69) is 28.5 Å². The monoisotopic (exact) mass is 612 g/mol. The standard InChI is InChI=1S/C26H18F2N2.2BrH.Ni/c27-21-11-15-23(16-12-21)29-25(19-7-3-1-4-8-19)26(20-9-5-2-6-10-20)30-24-17-13-22(28)14-18-24;;;/h1-18H;2*1H;/q;;;+2/p-2. The van der Waals surface area contributed by atoms with Crippen molar-refractivity contribution in [3.8, 4) is 0 Å². The van der Waals surface area contributed by atoms with E-state index in [-0.39, 0.29) is 11.6 Å². The Bertz CT molecular complexity index is 1100. The van der Waals surface area contributed by atoms with Crippen LogP contribution in [0, 0.1) is 11.6 Å². The third kappa shape index (κ3) is 7.81. The summed E-state index contributed by atoms with van der Waals surface area (Å²) in [5.41, 5.74) is 4.23. The second kappa shape index (κ2) is 13.3. The fourth-order valence-electron chi connectivity index (χ4n) is 2.99. The van der Waals surface area contributed by atoms with Crippen LogP contribution in [0.25, 0.3) is 0 Å². The van der Waals surface area contributed by atoms with E-state index in [1.165, 1.54) is 35.2 Å². The van der Waals surface area contributed by atoms with Crippen LogP contribution < -0.4 is 0 Å². The van der Waals surface area contributed by atoms with E-state index in [1.54, 1.807) is 24.3 Å². The van der Waals surface area contributed by atoms with E-state index in [9.17, 15) is 8.78 Å². The molecule has 170 valence electrons. The predicted octanol–water partition coefficient (Wildman–Crippen LogP) is 8.60. The van der Waals surface area contributed by atoms with Gasteiger partial charge in [-0.15, -0.1) is 0 Å².